The van der Waals surface area contributed by atoms with Crippen molar-refractivity contribution in [1.82, 2.24) is 5.32 Å². The molecule has 0 radical (unpaired) electrons. The molecule has 0 spiro atoms. The van der Waals surface area contributed by atoms with Crippen LogP contribution in [0.25, 0.3) is 0 Å². The molecule has 3 N–H and O–H groups in total. The Labute approximate surface area is 126 Å². The molecule has 0 bridgehead atoms. The number of hydrogen-bond donors (Lipinski definition) is 3. The maximum atomic E-state index is 11.7. The number of para-hydroxylation sites is 1. The Morgan fingerprint density at radius 2 is 1.71 bits per heavy atom. The SMILES string of the molecule is O=C(NCc1ccc(C(=O)O)cc1)Nc1ccccc1Cl. The van der Waals surface area contributed by atoms with Crippen LogP contribution in [0, 0.1) is 0 Å². The third kappa shape index (κ3) is 4.22. The third-order valence-electron chi connectivity index (χ3n) is 2.78. The van der Waals surface area contributed by atoms with Crippen molar-refractivity contribution in [3.8, 4) is 0 Å². The Bertz CT molecular complexity index is 656. The molecule has 21 heavy (non-hydrogen) atoms. The highest BCUT2D eigenvalue weighted by Gasteiger charge is 2.05. The maximum absolute atomic E-state index is 11.7. The van der Waals surface area contributed by atoms with Gasteiger partial charge in [0.05, 0.1) is 16.3 Å². The fraction of sp³-hybridized carbons (Fsp3) is 0.0667. The minimum atomic E-state index is -0.981. The predicted octanol–water partition coefficient (Wildman–Crippen LogP) is 3.36. The van der Waals surface area contributed by atoms with Crippen molar-refractivity contribution in [3.05, 3.63) is 64.7 Å². The second kappa shape index (κ2) is 6.76. The molecule has 2 aromatic rings. The molecule has 0 aromatic heterocycles. The molecular formula is C15H13ClN2O3. The molecule has 5 nitrogen and oxygen atoms in total. The largest absolute Gasteiger partial charge is 0.478 e. The second-order valence-electron chi connectivity index (χ2n) is 4.29. The average Bonchev–Trinajstić information content (AvgIpc) is 2.48. The van der Waals surface area contributed by atoms with Crippen LogP contribution in [0.3, 0.4) is 0 Å². The summed E-state index contributed by atoms with van der Waals surface area (Å²) in [6.45, 7) is 0.288. The van der Waals surface area contributed by atoms with Gasteiger partial charge in [-0.2, -0.15) is 0 Å². The number of anilines is 1. The topological polar surface area (TPSA) is 78.4 Å². The van der Waals surface area contributed by atoms with Crippen LogP contribution in [0.5, 0.6) is 0 Å². The van der Waals surface area contributed by atoms with Gasteiger partial charge in [0.2, 0.25) is 0 Å². The molecule has 0 saturated carbocycles. The summed E-state index contributed by atoms with van der Waals surface area (Å²) in [5, 5.41) is 14.5. The zero-order valence-corrected chi connectivity index (χ0v) is 11.7. The van der Waals surface area contributed by atoms with E-state index in [1.807, 2.05) is 0 Å². The van der Waals surface area contributed by atoms with Crippen molar-refractivity contribution >= 4 is 29.3 Å². The standard InChI is InChI=1S/C15H13ClN2O3/c16-12-3-1-2-4-13(12)18-15(21)17-9-10-5-7-11(8-6-10)14(19)20/h1-8H,9H2,(H,19,20)(H2,17,18,21). The van der Waals surface area contributed by atoms with E-state index in [1.54, 1.807) is 36.4 Å². The number of amides is 2. The lowest BCUT2D eigenvalue weighted by atomic mass is 10.1. The van der Waals surface area contributed by atoms with Gasteiger partial charge in [-0.15, -0.1) is 0 Å². The molecule has 0 heterocycles. The van der Waals surface area contributed by atoms with Gasteiger partial charge >= 0.3 is 12.0 Å². The number of urea groups is 1. The molecule has 2 aromatic carbocycles. The lowest BCUT2D eigenvalue weighted by Crippen LogP contribution is -2.28. The Hall–Kier alpha value is -2.53. The van der Waals surface area contributed by atoms with E-state index in [4.69, 9.17) is 16.7 Å². The summed E-state index contributed by atoms with van der Waals surface area (Å²) in [7, 11) is 0. The van der Waals surface area contributed by atoms with Crippen molar-refractivity contribution in [1.29, 1.82) is 0 Å². The summed E-state index contributed by atoms with van der Waals surface area (Å²) < 4.78 is 0. The molecule has 2 rings (SSSR count). The summed E-state index contributed by atoms with van der Waals surface area (Å²) in [4.78, 5) is 22.5. The Morgan fingerprint density at radius 1 is 1.05 bits per heavy atom. The van der Waals surface area contributed by atoms with Crippen LogP contribution in [0.1, 0.15) is 15.9 Å². The van der Waals surface area contributed by atoms with Gasteiger partial charge in [-0.25, -0.2) is 9.59 Å². The molecule has 0 aliphatic carbocycles. The van der Waals surface area contributed by atoms with E-state index in [-0.39, 0.29) is 18.1 Å². The molecule has 0 aliphatic heterocycles. The lowest BCUT2D eigenvalue weighted by molar-refractivity contribution is 0.0697. The highest BCUT2D eigenvalue weighted by atomic mass is 35.5. The van der Waals surface area contributed by atoms with E-state index in [0.29, 0.717) is 10.7 Å². The number of carboxylic acids is 1. The van der Waals surface area contributed by atoms with Gasteiger partial charge in [-0.1, -0.05) is 35.9 Å². The van der Waals surface area contributed by atoms with E-state index < -0.39 is 5.97 Å². The van der Waals surface area contributed by atoms with Gasteiger partial charge in [-0.3, -0.25) is 0 Å². The Morgan fingerprint density at radius 3 is 2.33 bits per heavy atom. The number of carbonyl (C=O) groups excluding carboxylic acids is 1. The van der Waals surface area contributed by atoms with Crippen molar-refractivity contribution in [3.63, 3.8) is 0 Å². The smallest absolute Gasteiger partial charge is 0.335 e. The minimum absolute atomic E-state index is 0.208. The van der Waals surface area contributed by atoms with Gasteiger partial charge < -0.3 is 15.7 Å². The maximum Gasteiger partial charge on any atom is 0.335 e. The fourth-order valence-corrected chi connectivity index (χ4v) is 1.86. The number of carboxylic acid groups (broad SMARTS) is 1. The summed E-state index contributed by atoms with van der Waals surface area (Å²) >= 11 is 5.93. The van der Waals surface area contributed by atoms with Gasteiger partial charge in [0.1, 0.15) is 0 Å². The van der Waals surface area contributed by atoms with Crippen LogP contribution in [0.15, 0.2) is 48.5 Å². The number of benzene rings is 2. The minimum Gasteiger partial charge on any atom is -0.478 e. The summed E-state index contributed by atoms with van der Waals surface area (Å²) in [5.74, 6) is -0.981. The molecular weight excluding hydrogens is 292 g/mol. The van der Waals surface area contributed by atoms with Crippen molar-refractivity contribution in [2.24, 2.45) is 0 Å². The van der Waals surface area contributed by atoms with E-state index in [2.05, 4.69) is 10.6 Å². The van der Waals surface area contributed by atoms with Crippen LogP contribution < -0.4 is 10.6 Å². The van der Waals surface area contributed by atoms with E-state index in [9.17, 15) is 9.59 Å². The molecule has 108 valence electrons. The van der Waals surface area contributed by atoms with Gasteiger partial charge in [0.25, 0.3) is 0 Å². The first-order valence-corrected chi connectivity index (χ1v) is 6.55. The average molecular weight is 305 g/mol. The molecule has 6 heteroatoms. The van der Waals surface area contributed by atoms with Crippen LogP contribution in [0.4, 0.5) is 10.5 Å². The number of halogens is 1. The van der Waals surface area contributed by atoms with Crippen molar-refractivity contribution in [2.45, 2.75) is 6.54 Å². The van der Waals surface area contributed by atoms with E-state index in [0.717, 1.165) is 5.56 Å². The van der Waals surface area contributed by atoms with E-state index >= 15 is 0 Å². The zero-order chi connectivity index (χ0) is 15.2. The number of aromatic carboxylic acids is 1. The molecule has 0 aliphatic rings. The number of rotatable bonds is 4. The van der Waals surface area contributed by atoms with Crippen LogP contribution in [-0.2, 0) is 6.54 Å². The van der Waals surface area contributed by atoms with E-state index in [1.165, 1.54) is 12.1 Å². The quantitative estimate of drug-likeness (QED) is 0.810. The lowest BCUT2D eigenvalue weighted by Gasteiger charge is -2.09. The molecule has 0 atom stereocenters. The molecule has 0 saturated heterocycles. The predicted molar refractivity (Wildman–Crippen MR) is 80.7 cm³/mol. The number of nitrogens with one attached hydrogen (secondary N) is 2. The van der Waals surface area contributed by atoms with Crippen LogP contribution >= 0.6 is 11.6 Å². The van der Waals surface area contributed by atoms with Gasteiger partial charge in [0, 0.05) is 6.54 Å². The first kappa shape index (κ1) is 14.9. The Kier molecular flexibility index (Phi) is 4.79. The first-order chi connectivity index (χ1) is 10.1. The molecule has 0 unspecified atom stereocenters. The Balaban J connectivity index is 1.89. The van der Waals surface area contributed by atoms with Crippen LogP contribution in [0.2, 0.25) is 5.02 Å². The monoisotopic (exact) mass is 304 g/mol. The van der Waals surface area contributed by atoms with Gasteiger partial charge in [0.15, 0.2) is 0 Å². The highest BCUT2D eigenvalue weighted by Crippen LogP contribution is 2.20. The zero-order valence-electron chi connectivity index (χ0n) is 11.0. The number of hydrogen-bond acceptors (Lipinski definition) is 2. The fourth-order valence-electron chi connectivity index (χ4n) is 1.68. The first-order valence-electron chi connectivity index (χ1n) is 6.18. The summed E-state index contributed by atoms with van der Waals surface area (Å²) in [6.07, 6.45) is 0. The number of carbonyl (C=O) groups is 2. The van der Waals surface area contributed by atoms with Crippen LogP contribution in [-0.4, -0.2) is 17.1 Å². The second-order valence-corrected chi connectivity index (χ2v) is 4.70. The highest BCUT2D eigenvalue weighted by molar-refractivity contribution is 6.33. The molecule has 2 amide bonds. The third-order valence-corrected chi connectivity index (χ3v) is 3.11. The summed E-state index contributed by atoms with van der Waals surface area (Å²) in [6, 6.07) is 12.8. The summed E-state index contributed by atoms with van der Waals surface area (Å²) in [5.41, 5.74) is 1.53. The molecule has 0 fully saturated rings. The van der Waals surface area contributed by atoms with Crippen molar-refractivity contribution in [2.75, 3.05) is 5.32 Å². The van der Waals surface area contributed by atoms with Crippen molar-refractivity contribution < 1.29 is 14.7 Å². The normalized spacial score (nSPS) is 9.95. The van der Waals surface area contributed by atoms with Gasteiger partial charge in [-0.05, 0) is 29.8 Å².